The number of anilines is 2. The van der Waals surface area contributed by atoms with Gasteiger partial charge in [0.1, 0.15) is 18.2 Å². The SMILES string of the molecule is CCOCc1nc(NN)cc(NC(CC)(CO)CO)n1. The highest BCUT2D eigenvalue weighted by atomic mass is 16.5. The molecule has 0 fully saturated rings. The monoisotopic (exact) mass is 285 g/mol. The highest BCUT2D eigenvalue weighted by Gasteiger charge is 2.27. The van der Waals surface area contributed by atoms with E-state index in [4.69, 9.17) is 10.6 Å². The number of hydrogen-bond acceptors (Lipinski definition) is 8. The number of aromatic nitrogens is 2. The fourth-order valence-electron chi connectivity index (χ4n) is 1.61. The third kappa shape index (κ3) is 4.27. The Morgan fingerprint density at radius 1 is 1.25 bits per heavy atom. The van der Waals surface area contributed by atoms with Gasteiger partial charge in [0.2, 0.25) is 0 Å². The zero-order valence-corrected chi connectivity index (χ0v) is 11.9. The number of nitrogens with zero attached hydrogens (tertiary/aromatic N) is 2. The Labute approximate surface area is 118 Å². The minimum Gasteiger partial charge on any atom is -0.394 e. The number of aliphatic hydroxyl groups is 2. The predicted octanol–water partition coefficient (Wildman–Crippen LogP) is -0.156. The lowest BCUT2D eigenvalue weighted by molar-refractivity contribution is 0.127. The van der Waals surface area contributed by atoms with Gasteiger partial charge in [-0.15, -0.1) is 0 Å². The number of hydrazine groups is 1. The molecule has 1 aromatic rings. The molecule has 8 nitrogen and oxygen atoms in total. The van der Waals surface area contributed by atoms with Crippen LogP contribution < -0.4 is 16.6 Å². The van der Waals surface area contributed by atoms with Crippen LogP contribution in [0.3, 0.4) is 0 Å². The molecule has 1 rings (SSSR count). The molecule has 0 aliphatic carbocycles. The molecule has 114 valence electrons. The molecule has 0 amide bonds. The van der Waals surface area contributed by atoms with Crippen molar-refractivity contribution in [3.63, 3.8) is 0 Å². The molecule has 6 N–H and O–H groups in total. The van der Waals surface area contributed by atoms with E-state index in [0.717, 1.165) is 0 Å². The van der Waals surface area contributed by atoms with Crippen molar-refractivity contribution in [2.75, 3.05) is 30.6 Å². The van der Waals surface area contributed by atoms with Gasteiger partial charge in [-0.25, -0.2) is 15.8 Å². The van der Waals surface area contributed by atoms with Gasteiger partial charge < -0.3 is 25.7 Å². The van der Waals surface area contributed by atoms with E-state index in [-0.39, 0.29) is 19.8 Å². The summed E-state index contributed by atoms with van der Waals surface area (Å²) in [6, 6.07) is 1.60. The van der Waals surface area contributed by atoms with Crippen LogP contribution in [0.1, 0.15) is 26.1 Å². The zero-order valence-electron chi connectivity index (χ0n) is 11.9. The number of nitrogens with two attached hydrogens (primary N) is 1. The Morgan fingerprint density at radius 3 is 2.40 bits per heavy atom. The summed E-state index contributed by atoms with van der Waals surface area (Å²) in [5.41, 5.74) is 1.62. The first-order valence-electron chi connectivity index (χ1n) is 6.55. The van der Waals surface area contributed by atoms with E-state index in [1.54, 1.807) is 6.07 Å². The van der Waals surface area contributed by atoms with Crippen molar-refractivity contribution in [2.24, 2.45) is 5.84 Å². The molecule has 0 atom stereocenters. The molecule has 0 radical (unpaired) electrons. The van der Waals surface area contributed by atoms with E-state index >= 15 is 0 Å². The first-order chi connectivity index (χ1) is 9.62. The van der Waals surface area contributed by atoms with Gasteiger partial charge in [-0.3, -0.25) is 0 Å². The third-order valence-corrected chi connectivity index (χ3v) is 3.03. The summed E-state index contributed by atoms with van der Waals surface area (Å²) in [4.78, 5) is 8.44. The molecule has 0 aromatic carbocycles. The lowest BCUT2D eigenvalue weighted by Gasteiger charge is -2.30. The fourth-order valence-corrected chi connectivity index (χ4v) is 1.61. The Kier molecular flexibility index (Phi) is 6.59. The molecule has 0 saturated carbocycles. The lowest BCUT2D eigenvalue weighted by atomic mass is 9.98. The van der Waals surface area contributed by atoms with Crippen molar-refractivity contribution in [3.8, 4) is 0 Å². The fraction of sp³-hybridized carbons (Fsp3) is 0.667. The molecular formula is C12H23N5O3. The normalized spacial score (nSPS) is 11.4. The Balaban J connectivity index is 2.98. The summed E-state index contributed by atoms with van der Waals surface area (Å²) < 4.78 is 5.26. The maximum Gasteiger partial charge on any atom is 0.158 e. The molecule has 20 heavy (non-hydrogen) atoms. The van der Waals surface area contributed by atoms with E-state index in [9.17, 15) is 10.2 Å². The molecule has 0 saturated heterocycles. The zero-order chi connectivity index (χ0) is 15.0. The lowest BCUT2D eigenvalue weighted by Crippen LogP contribution is -2.45. The van der Waals surface area contributed by atoms with Crippen LogP contribution in [0.25, 0.3) is 0 Å². The standard InChI is InChI=1S/C12H23N5O3/c1-3-12(7-18,8-19)16-9-5-10(17-13)15-11(14-9)6-20-4-2/h5,18-19H,3-4,6-8,13H2,1-2H3,(H2,14,15,16,17). The van der Waals surface area contributed by atoms with Crippen molar-refractivity contribution in [1.29, 1.82) is 0 Å². The second-order valence-electron chi connectivity index (χ2n) is 4.41. The van der Waals surface area contributed by atoms with Crippen LogP contribution >= 0.6 is 0 Å². The molecule has 0 bridgehead atoms. The Morgan fingerprint density at radius 2 is 1.90 bits per heavy atom. The van der Waals surface area contributed by atoms with Crippen LogP contribution in [0.15, 0.2) is 6.07 Å². The van der Waals surface area contributed by atoms with Crippen molar-refractivity contribution >= 4 is 11.6 Å². The number of aliphatic hydroxyl groups excluding tert-OH is 2. The minimum absolute atomic E-state index is 0.212. The number of rotatable bonds is 9. The second kappa shape index (κ2) is 7.95. The van der Waals surface area contributed by atoms with Crippen molar-refractivity contribution in [1.82, 2.24) is 9.97 Å². The number of ether oxygens (including phenoxy) is 1. The Hall–Kier alpha value is -1.48. The van der Waals surface area contributed by atoms with Gasteiger partial charge >= 0.3 is 0 Å². The van der Waals surface area contributed by atoms with Crippen LogP contribution in [0.5, 0.6) is 0 Å². The molecule has 1 aromatic heterocycles. The minimum atomic E-state index is -0.830. The summed E-state index contributed by atoms with van der Waals surface area (Å²) in [6.07, 6.45) is 0.538. The molecule has 0 aliphatic rings. The average Bonchev–Trinajstić information content (AvgIpc) is 2.50. The van der Waals surface area contributed by atoms with E-state index in [0.29, 0.717) is 30.5 Å². The van der Waals surface area contributed by atoms with Crippen LogP contribution in [0.2, 0.25) is 0 Å². The highest BCUT2D eigenvalue weighted by Crippen LogP contribution is 2.19. The summed E-state index contributed by atoms with van der Waals surface area (Å²) in [7, 11) is 0. The van der Waals surface area contributed by atoms with Gasteiger partial charge in [-0.05, 0) is 13.3 Å². The Bertz CT molecular complexity index is 404. The maximum absolute atomic E-state index is 9.44. The molecule has 1 heterocycles. The summed E-state index contributed by atoms with van der Waals surface area (Å²) >= 11 is 0. The van der Waals surface area contributed by atoms with Gasteiger partial charge in [0.25, 0.3) is 0 Å². The van der Waals surface area contributed by atoms with Crippen molar-refractivity contribution < 1.29 is 14.9 Å². The third-order valence-electron chi connectivity index (χ3n) is 3.03. The number of hydrogen-bond donors (Lipinski definition) is 5. The summed E-state index contributed by atoms with van der Waals surface area (Å²) in [5.74, 6) is 6.73. The van der Waals surface area contributed by atoms with Crippen molar-refractivity contribution in [3.05, 3.63) is 11.9 Å². The number of nitrogen functional groups attached to an aromatic ring is 1. The summed E-state index contributed by atoms with van der Waals surface area (Å²) in [6.45, 7) is 4.14. The van der Waals surface area contributed by atoms with Crippen LogP contribution in [0.4, 0.5) is 11.6 Å². The van der Waals surface area contributed by atoms with E-state index in [2.05, 4.69) is 20.7 Å². The van der Waals surface area contributed by atoms with Crippen molar-refractivity contribution in [2.45, 2.75) is 32.4 Å². The molecule has 0 unspecified atom stereocenters. The van der Waals surface area contributed by atoms with Gasteiger partial charge in [0, 0.05) is 12.7 Å². The maximum atomic E-state index is 9.44. The quantitative estimate of drug-likeness (QED) is 0.313. The van der Waals surface area contributed by atoms with Crippen LogP contribution in [0, 0.1) is 0 Å². The van der Waals surface area contributed by atoms with E-state index in [1.165, 1.54) is 0 Å². The molecule has 0 aliphatic heterocycles. The van der Waals surface area contributed by atoms with Gasteiger partial charge in [0.05, 0.1) is 18.8 Å². The van der Waals surface area contributed by atoms with E-state index < -0.39 is 5.54 Å². The first kappa shape index (κ1) is 16.6. The molecule has 0 spiro atoms. The first-order valence-corrected chi connectivity index (χ1v) is 6.55. The van der Waals surface area contributed by atoms with E-state index in [1.807, 2.05) is 13.8 Å². The van der Waals surface area contributed by atoms with Crippen LogP contribution in [-0.2, 0) is 11.3 Å². The topological polar surface area (TPSA) is 126 Å². The number of nitrogens with one attached hydrogen (secondary N) is 2. The average molecular weight is 285 g/mol. The summed E-state index contributed by atoms with van der Waals surface area (Å²) in [5, 5.41) is 21.9. The second-order valence-corrected chi connectivity index (χ2v) is 4.41. The predicted molar refractivity (Wildman–Crippen MR) is 76.0 cm³/mol. The van der Waals surface area contributed by atoms with Gasteiger partial charge in [-0.1, -0.05) is 6.92 Å². The highest BCUT2D eigenvalue weighted by molar-refractivity contribution is 5.48. The van der Waals surface area contributed by atoms with Crippen LogP contribution in [-0.4, -0.2) is 45.5 Å². The molecular weight excluding hydrogens is 262 g/mol. The largest absolute Gasteiger partial charge is 0.394 e. The molecule has 8 heteroatoms. The van der Waals surface area contributed by atoms with Gasteiger partial charge in [-0.2, -0.15) is 0 Å². The van der Waals surface area contributed by atoms with Gasteiger partial charge in [0.15, 0.2) is 5.82 Å². The smallest absolute Gasteiger partial charge is 0.158 e.